The van der Waals surface area contributed by atoms with E-state index < -0.39 is 30.6 Å². The number of nitrogens with one attached hydrogen (secondary N) is 1. The predicted octanol–water partition coefficient (Wildman–Crippen LogP) is -2.97. The molecule has 1 aliphatic rings. The molecular weight excluding hydrogens is 320 g/mol. The van der Waals surface area contributed by atoms with E-state index in [9.17, 15) is 15.3 Å². The number of aliphatic hydroxyl groups is 3. The van der Waals surface area contributed by atoms with E-state index in [1.807, 2.05) is 0 Å². The van der Waals surface area contributed by atoms with Crippen LogP contribution in [-0.4, -0.2) is 65.7 Å². The van der Waals surface area contributed by atoms with Crippen LogP contribution in [0, 0.1) is 5.41 Å². The number of anilines is 1. The first kappa shape index (κ1) is 17.8. The van der Waals surface area contributed by atoms with Crippen LogP contribution in [0.15, 0.2) is 12.7 Å². The summed E-state index contributed by atoms with van der Waals surface area (Å²) in [5.74, 6) is -0.121. The summed E-state index contributed by atoms with van der Waals surface area (Å²) in [4.78, 5) is 12.0. The van der Waals surface area contributed by atoms with Crippen molar-refractivity contribution in [1.82, 2.24) is 19.5 Å². The highest BCUT2D eigenvalue weighted by atomic mass is 16.6. The largest absolute Gasteiger partial charge is 0.394 e. The average molecular weight is 340 g/mol. The molecule has 0 spiro atoms. The van der Waals surface area contributed by atoms with Crippen molar-refractivity contribution in [3.63, 3.8) is 0 Å². The monoisotopic (exact) mass is 340 g/mol. The Morgan fingerprint density at radius 3 is 2.54 bits per heavy atom. The van der Waals surface area contributed by atoms with E-state index in [4.69, 9.17) is 15.9 Å². The predicted molar refractivity (Wildman–Crippen MR) is 83.5 cm³/mol. The fraction of sp³-hybridized carbons (Fsp3) is 0.500. The molecule has 1 aliphatic heterocycles. The lowest BCUT2D eigenvalue weighted by molar-refractivity contribution is -0.132. The lowest BCUT2D eigenvalue weighted by atomic mass is 10.0. The maximum Gasteiger partial charge on any atom is 0.183 e. The summed E-state index contributed by atoms with van der Waals surface area (Å²) in [5.41, 5.74) is 14.1. The highest BCUT2D eigenvalue weighted by Crippen LogP contribution is 2.37. The van der Waals surface area contributed by atoms with Crippen LogP contribution in [0.1, 0.15) is 6.92 Å². The Hall–Kier alpha value is -2.54. The second-order valence-electron chi connectivity index (χ2n) is 5.33. The Kier molecular flexibility index (Phi) is 4.84. The highest BCUT2D eigenvalue weighted by Gasteiger charge is 2.52. The molecule has 132 valence electrons. The van der Waals surface area contributed by atoms with Gasteiger partial charge < -0.3 is 37.3 Å². The zero-order valence-electron chi connectivity index (χ0n) is 12.9. The van der Waals surface area contributed by atoms with Crippen molar-refractivity contribution in [3.05, 3.63) is 12.7 Å². The molecule has 1 fully saturated rings. The number of aliphatic hydroxyl groups excluding tert-OH is 3. The third-order valence-corrected chi connectivity index (χ3v) is 3.66. The molecule has 12 nitrogen and oxygen atoms in total. The van der Waals surface area contributed by atoms with Crippen LogP contribution in [0.3, 0.4) is 0 Å². The molecule has 12 heteroatoms. The molecule has 2 aromatic heterocycles. The first-order chi connectivity index (χ1) is 11.2. The summed E-state index contributed by atoms with van der Waals surface area (Å²) in [6, 6.07) is 0. The Bertz CT molecular complexity index is 733. The lowest BCUT2D eigenvalue weighted by Gasteiger charge is -2.29. The molecule has 2 aromatic rings. The van der Waals surface area contributed by atoms with Gasteiger partial charge in [0.05, 0.1) is 12.9 Å². The van der Waals surface area contributed by atoms with Crippen LogP contribution in [-0.2, 0) is 10.5 Å². The van der Waals surface area contributed by atoms with Gasteiger partial charge in [0.1, 0.15) is 30.2 Å². The van der Waals surface area contributed by atoms with Crippen molar-refractivity contribution >= 4 is 22.9 Å². The Balaban J connectivity index is 0.000000471. The van der Waals surface area contributed by atoms with E-state index in [1.54, 1.807) is 6.92 Å². The number of imidazole rings is 1. The number of nitrogens with two attached hydrogens (primary N) is 3. The van der Waals surface area contributed by atoms with Gasteiger partial charge in [0.2, 0.25) is 0 Å². The molecule has 0 saturated carbocycles. The number of nitrogens with zero attached hydrogens (tertiary/aromatic N) is 4. The zero-order valence-corrected chi connectivity index (χ0v) is 12.9. The normalized spacial score (nSPS) is 29.2. The topological polar surface area (TPSA) is 215 Å². The first-order valence-corrected chi connectivity index (χ1v) is 6.90. The van der Waals surface area contributed by atoms with Crippen LogP contribution in [0.5, 0.6) is 0 Å². The summed E-state index contributed by atoms with van der Waals surface area (Å²) in [5, 5.41) is 35.3. The van der Waals surface area contributed by atoms with Crippen LogP contribution in [0.4, 0.5) is 5.82 Å². The van der Waals surface area contributed by atoms with Gasteiger partial charge in [0, 0.05) is 0 Å². The number of ether oxygens (including phenoxy) is 1. The fourth-order valence-corrected chi connectivity index (χ4v) is 2.49. The van der Waals surface area contributed by atoms with Crippen LogP contribution in [0.25, 0.3) is 11.2 Å². The minimum absolute atomic E-state index is 0.212. The van der Waals surface area contributed by atoms with Crippen molar-refractivity contribution in [2.24, 2.45) is 11.5 Å². The van der Waals surface area contributed by atoms with Crippen LogP contribution >= 0.6 is 0 Å². The maximum absolute atomic E-state index is 10.2. The second kappa shape index (κ2) is 6.52. The molecular formula is C12H20N8O4. The summed E-state index contributed by atoms with van der Waals surface area (Å²) in [6.45, 7) is 1.17. The van der Waals surface area contributed by atoms with E-state index in [0.29, 0.717) is 11.2 Å². The second-order valence-corrected chi connectivity index (χ2v) is 5.33. The molecule has 0 radical (unpaired) electrons. The Morgan fingerprint density at radius 2 is 2.00 bits per heavy atom. The number of fused-ring (bicyclic) bond motifs is 1. The zero-order chi connectivity index (χ0) is 18.1. The van der Waals surface area contributed by atoms with Gasteiger partial charge >= 0.3 is 0 Å². The SMILES string of the molecule is C[C@@]1(n2cnc3c(N)ncnc32)O[C@H](CO)[C@@H](O)[C@H]1O.N=C(N)N. The van der Waals surface area contributed by atoms with Gasteiger partial charge in [-0.3, -0.25) is 9.98 Å². The van der Waals surface area contributed by atoms with Crippen molar-refractivity contribution in [1.29, 1.82) is 5.41 Å². The van der Waals surface area contributed by atoms with Crippen molar-refractivity contribution in [2.75, 3.05) is 12.3 Å². The summed E-state index contributed by atoms with van der Waals surface area (Å²) < 4.78 is 7.06. The third kappa shape index (κ3) is 2.94. The molecule has 10 N–H and O–H groups in total. The summed E-state index contributed by atoms with van der Waals surface area (Å²) in [7, 11) is 0. The van der Waals surface area contributed by atoms with Crippen molar-refractivity contribution in [2.45, 2.75) is 31.0 Å². The van der Waals surface area contributed by atoms with Crippen molar-refractivity contribution in [3.8, 4) is 0 Å². The fourth-order valence-electron chi connectivity index (χ4n) is 2.49. The minimum Gasteiger partial charge on any atom is -0.394 e. The molecule has 4 atom stereocenters. The molecule has 0 aromatic carbocycles. The van der Waals surface area contributed by atoms with Crippen LogP contribution < -0.4 is 17.2 Å². The third-order valence-electron chi connectivity index (χ3n) is 3.66. The Morgan fingerprint density at radius 1 is 1.38 bits per heavy atom. The molecule has 0 unspecified atom stereocenters. The summed E-state index contributed by atoms with van der Waals surface area (Å²) in [6.07, 6.45) is -0.646. The van der Waals surface area contributed by atoms with Gasteiger partial charge in [-0.15, -0.1) is 0 Å². The van der Waals surface area contributed by atoms with Crippen molar-refractivity contribution < 1.29 is 20.1 Å². The number of guanidine groups is 1. The Labute approximate surface area is 136 Å². The number of aromatic nitrogens is 4. The molecule has 24 heavy (non-hydrogen) atoms. The molecule has 3 heterocycles. The van der Waals surface area contributed by atoms with Gasteiger partial charge in [0.15, 0.2) is 23.1 Å². The number of nitrogen functional groups attached to an aromatic ring is 1. The van der Waals surface area contributed by atoms with Gasteiger partial charge in [-0.25, -0.2) is 15.0 Å². The number of rotatable bonds is 2. The van der Waals surface area contributed by atoms with E-state index >= 15 is 0 Å². The smallest absolute Gasteiger partial charge is 0.183 e. The van der Waals surface area contributed by atoms with E-state index in [1.165, 1.54) is 17.2 Å². The summed E-state index contributed by atoms with van der Waals surface area (Å²) >= 11 is 0. The van der Waals surface area contributed by atoms with E-state index in [0.717, 1.165) is 0 Å². The molecule has 1 saturated heterocycles. The molecule has 3 rings (SSSR count). The molecule has 0 bridgehead atoms. The number of hydrogen-bond acceptors (Lipinski definition) is 9. The number of hydrogen-bond donors (Lipinski definition) is 7. The lowest BCUT2D eigenvalue weighted by Crippen LogP contribution is -2.43. The van der Waals surface area contributed by atoms with Gasteiger partial charge in [-0.1, -0.05) is 0 Å². The quantitative estimate of drug-likeness (QED) is 0.217. The maximum atomic E-state index is 10.2. The molecule has 0 amide bonds. The van der Waals surface area contributed by atoms with E-state index in [2.05, 4.69) is 26.4 Å². The highest BCUT2D eigenvalue weighted by molar-refractivity contribution is 5.81. The standard InChI is InChI=1S/C11H15N5O4.CH5N3/c1-11(8(19)7(18)5(2-17)20-11)16-4-15-6-9(12)13-3-14-10(6)16;2-1(3)4/h3-5,7-8,17-19H,2H2,1H3,(H2,12,13,14);(H5,2,3,4)/t5-,7-,8-,11-;/m1./s1. The average Bonchev–Trinajstić information content (AvgIpc) is 3.04. The van der Waals surface area contributed by atoms with Gasteiger partial charge in [0.25, 0.3) is 0 Å². The van der Waals surface area contributed by atoms with Gasteiger partial charge in [-0.2, -0.15) is 0 Å². The molecule has 0 aliphatic carbocycles. The first-order valence-electron chi connectivity index (χ1n) is 6.90. The van der Waals surface area contributed by atoms with Gasteiger partial charge in [-0.05, 0) is 6.92 Å². The minimum atomic E-state index is -1.30. The van der Waals surface area contributed by atoms with E-state index in [-0.39, 0.29) is 11.8 Å². The van der Waals surface area contributed by atoms with Crippen LogP contribution in [0.2, 0.25) is 0 Å².